The Hall–Kier alpha value is -1.91. The zero-order chi connectivity index (χ0) is 15.0. The van der Waals surface area contributed by atoms with Gasteiger partial charge in [0.2, 0.25) is 0 Å². The van der Waals surface area contributed by atoms with Crippen molar-refractivity contribution in [3.63, 3.8) is 0 Å². The summed E-state index contributed by atoms with van der Waals surface area (Å²) in [6.45, 7) is 0. The molecule has 0 atom stereocenters. The van der Waals surface area contributed by atoms with E-state index in [0.29, 0.717) is 22.9 Å². The Balaban J connectivity index is 2.12. The van der Waals surface area contributed by atoms with Crippen molar-refractivity contribution in [3.8, 4) is 11.1 Å². The normalized spacial score (nSPS) is 16.3. The Kier molecular flexibility index (Phi) is 3.66. The van der Waals surface area contributed by atoms with Crippen molar-refractivity contribution in [2.75, 3.05) is 5.73 Å². The van der Waals surface area contributed by atoms with Crippen LogP contribution in [0.2, 0.25) is 0 Å². The van der Waals surface area contributed by atoms with E-state index in [1.807, 2.05) is 0 Å². The fourth-order valence-electron chi connectivity index (χ4n) is 3.19. The molecular weight excluding hydrogens is 272 g/mol. The first-order valence-corrected chi connectivity index (χ1v) is 7.35. The Bertz CT molecular complexity index is 658. The summed E-state index contributed by atoms with van der Waals surface area (Å²) in [5, 5.41) is 4.51. The second-order valence-corrected chi connectivity index (χ2v) is 5.73. The minimum Gasteiger partial charge on any atom is -0.383 e. The molecule has 3 nitrogen and oxygen atoms in total. The Morgan fingerprint density at radius 1 is 1.19 bits per heavy atom. The lowest BCUT2D eigenvalue weighted by molar-refractivity contribution is 0.434. The second-order valence-electron chi connectivity index (χ2n) is 5.73. The van der Waals surface area contributed by atoms with Gasteiger partial charge in [-0.1, -0.05) is 19.3 Å². The van der Waals surface area contributed by atoms with Gasteiger partial charge < -0.3 is 5.73 Å². The van der Waals surface area contributed by atoms with Crippen LogP contribution in [0.5, 0.6) is 0 Å². The highest BCUT2D eigenvalue weighted by Gasteiger charge is 2.26. The Morgan fingerprint density at radius 2 is 1.90 bits per heavy atom. The quantitative estimate of drug-likeness (QED) is 0.909. The molecule has 1 aromatic carbocycles. The highest BCUT2D eigenvalue weighted by molar-refractivity contribution is 5.77. The van der Waals surface area contributed by atoms with Crippen LogP contribution in [0.3, 0.4) is 0 Å². The number of hydrogen-bond donors (Lipinski definition) is 1. The largest absolute Gasteiger partial charge is 0.383 e. The third-order valence-corrected chi connectivity index (χ3v) is 4.31. The molecule has 0 radical (unpaired) electrons. The number of nitrogens with zero attached hydrogens (tertiary/aromatic N) is 2. The number of aromatic nitrogens is 2. The van der Waals surface area contributed by atoms with Gasteiger partial charge in [-0.05, 0) is 25.0 Å². The molecule has 21 heavy (non-hydrogen) atoms. The third-order valence-electron chi connectivity index (χ3n) is 4.31. The first-order valence-electron chi connectivity index (χ1n) is 7.35. The van der Waals surface area contributed by atoms with Gasteiger partial charge in [0.05, 0.1) is 11.3 Å². The smallest absolute Gasteiger partial charge is 0.134 e. The van der Waals surface area contributed by atoms with Crippen LogP contribution in [0.4, 0.5) is 14.6 Å². The number of rotatable bonds is 2. The summed E-state index contributed by atoms with van der Waals surface area (Å²) < 4.78 is 28.9. The standard InChI is InChI=1S/C16H19F2N3/c1-21-16(19)14(12-8-7-11(17)9-13(12)18)15(20-21)10-5-3-2-4-6-10/h7-10H,2-6,19H2,1H3. The molecule has 2 aromatic rings. The fraction of sp³-hybridized carbons (Fsp3) is 0.438. The van der Waals surface area contributed by atoms with Gasteiger partial charge >= 0.3 is 0 Å². The molecular formula is C16H19F2N3. The van der Waals surface area contributed by atoms with Gasteiger partial charge in [-0.2, -0.15) is 5.10 Å². The van der Waals surface area contributed by atoms with Crippen LogP contribution in [-0.4, -0.2) is 9.78 Å². The molecule has 0 spiro atoms. The van der Waals surface area contributed by atoms with E-state index in [4.69, 9.17) is 5.73 Å². The molecule has 0 saturated heterocycles. The summed E-state index contributed by atoms with van der Waals surface area (Å²) in [5.74, 6) is -0.438. The van der Waals surface area contributed by atoms with Crippen molar-refractivity contribution in [3.05, 3.63) is 35.5 Å². The number of aryl methyl sites for hydroxylation is 1. The predicted octanol–water partition coefficient (Wildman–Crippen LogP) is 4.00. The van der Waals surface area contributed by atoms with Gasteiger partial charge in [0, 0.05) is 24.6 Å². The maximum atomic E-state index is 14.1. The highest BCUT2D eigenvalue weighted by atomic mass is 19.1. The van der Waals surface area contributed by atoms with Crippen molar-refractivity contribution < 1.29 is 8.78 Å². The van der Waals surface area contributed by atoms with Crippen molar-refractivity contribution in [2.24, 2.45) is 7.05 Å². The molecule has 0 unspecified atom stereocenters. The minimum atomic E-state index is -0.591. The number of hydrogen-bond acceptors (Lipinski definition) is 2. The van der Waals surface area contributed by atoms with Crippen molar-refractivity contribution in [2.45, 2.75) is 38.0 Å². The SMILES string of the molecule is Cn1nc(C2CCCCC2)c(-c2ccc(F)cc2F)c1N. The molecule has 0 amide bonds. The molecule has 1 fully saturated rings. The minimum absolute atomic E-state index is 0.307. The molecule has 5 heteroatoms. The third kappa shape index (κ3) is 2.52. The van der Waals surface area contributed by atoms with Crippen molar-refractivity contribution in [1.29, 1.82) is 0 Å². The maximum Gasteiger partial charge on any atom is 0.134 e. The molecule has 1 heterocycles. The number of anilines is 1. The summed E-state index contributed by atoms with van der Waals surface area (Å²) in [5.41, 5.74) is 7.90. The zero-order valence-electron chi connectivity index (χ0n) is 12.1. The summed E-state index contributed by atoms with van der Waals surface area (Å²) >= 11 is 0. The first-order chi connectivity index (χ1) is 10.1. The lowest BCUT2D eigenvalue weighted by Crippen LogP contribution is -2.07. The van der Waals surface area contributed by atoms with Gasteiger partial charge in [-0.25, -0.2) is 8.78 Å². The van der Waals surface area contributed by atoms with Gasteiger partial charge in [0.25, 0.3) is 0 Å². The number of benzene rings is 1. The molecule has 3 rings (SSSR count). The average molecular weight is 291 g/mol. The number of nitrogen functional groups attached to an aromatic ring is 1. The predicted molar refractivity (Wildman–Crippen MR) is 78.8 cm³/mol. The van der Waals surface area contributed by atoms with E-state index >= 15 is 0 Å². The van der Waals surface area contributed by atoms with Gasteiger partial charge in [-0.3, -0.25) is 4.68 Å². The van der Waals surface area contributed by atoms with Crippen LogP contribution in [0, 0.1) is 11.6 Å². The summed E-state index contributed by atoms with van der Waals surface area (Å²) in [7, 11) is 1.76. The van der Waals surface area contributed by atoms with E-state index in [1.165, 1.54) is 18.6 Å². The van der Waals surface area contributed by atoms with E-state index in [9.17, 15) is 8.78 Å². The number of halogens is 2. The van der Waals surface area contributed by atoms with E-state index in [2.05, 4.69) is 5.10 Å². The molecule has 1 aliphatic carbocycles. The van der Waals surface area contributed by atoms with Gasteiger partial charge in [0.15, 0.2) is 0 Å². The Morgan fingerprint density at radius 3 is 2.57 bits per heavy atom. The van der Waals surface area contributed by atoms with E-state index in [-0.39, 0.29) is 0 Å². The molecule has 112 valence electrons. The van der Waals surface area contributed by atoms with Crippen molar-refractivity contribution in [1.82, 2.24) is 9.78 Å². The Labute approximate surface area is 122 Å². The van der Waals surface area contributed by atoms with E-state index < -0.39 is 11.6 Å². The van der Waals surface area contributed by atoms with Crippen LogP contribution in [0.25, 0.3) is 11.1 Å². The highest BCUT2D eigenvalue weighted by Crippen LogP contribution is 2.40. The molecule has 2 N–H and O–H groups in total. The average Bonchev–Trinajstić information content (AvgIpc) is 2.76. The van der Waals surface area contributed by atoms with Crippen LogP contribution < -0.4 is 5.73 Å². The van der Waals surface area contributed by atoms with Gasteiger partial charge in [0.1, 0.15) is 17.5 Å². The van der Waals surface area contributed by atoms with E-state index in [1.54, 1.807) is 11.7 Å². The molecule has 0 aliphatic heterocycles. The van der Waals surface area contributed by atoms with Crippen LogP contribution >= 0.6 is 0 Å². The molecule has 1 aromatic heterocycles. The van der Waals surface area contributed by atoms with Crippen LogP contribution in [-0.2, 0) is 7.05 Å². The van der Waals surface area contributed by atoms with E-state index in [0.717, 1.165) is 37.4 Å². The maximum absolute atomic E-state index is 14.1. The van der Waals surface area contributed by atoms with Crippen molar-refractivity contribution >= 4 is 5.82 Å². The zero-order valence-corrected chi connectivity index (χ0v) is 12.1. The molecule has 1 saturated carbocycles. The molecule has 0 bridgehead atoms. The summed E-state index contributed by atoms with van der Waals surface area (Å²) in [6, 6.07) is 3.60. The lowest BCUT2D eigenvalue weighted by atomic mass is 9.84. The van der Waals surface area contributed by atoms with Crippen LogP contribution in [0.15, 0.2) is 18.2 Å². The number of nitrogens with two attached hydrogens (primary N) is 1. The topological polar surface area (TPSA) is 43.8 Å². The summed E-state index contributed by atoms with van der Waals surface area (Å²) in [4.78, 5) is 0. The first kappa shape index (κ1) is 14.0. The van der Waals surface area contributed by atoms with Crippen LogP contribution in [0.1, 0.15) is 43.7 Å². The lowest BCUT2D eigenvalue weighted by Gasteiger charge is -2.21. The summed E-state index contributed by atoms with van der Waals surface area (Å²) in [6.07, 6.45) is 5.65. The monoisotopic (exact) mass is 291 g/mol. The second kappa shape index (κ2) is 5.47. The van der Waals surface area contributed by atoms with Gasteiger partial charge in [-0.15, -0.1) is 0 Å². The fourth-order valence-corrected chi connectivity index (χ4v) is 3.19. The molecule has 1 aliphatic rings.